The first-order valence-electron chi connectivity index (χ1n) is 6.03. The van der Waals surface area contributed by atoms with Crippen molar-refractivity contribution in [3.8, 4) is 0 Å². The zero-order chi connectivity index (χ0) is 12.5. The average molecular weight is 256 g/mol. The molecule has 0 aliphatic heterocycles. The number of hydrogen-bond donors (Lipinski definition) is 1. The Hall–Kier alpha value is -0.860. The van der Waals surface area contributed by atoms with Gasteiger partial charge in [0.2, 0.25) is 0 Å². The van der Waals surface area contributed by atoms with E-state index in [1.54, 1.807) is 12.1 Å². The quantitative estimate of drug-likeness (QED) is 0.574. The van der Waals surface area contributed by atoms with Gasteiger partial charge >= 0.3 is 0 Å². The van der Waals surface area contributed by atoms with Gasteiger partial charge in [-0.3, -0.25) is 0 Å². The van der Waals surface area contributed by atoms with Gasteiger partial charge in [0.05, 0.1) is 0 Å². The Labute approximate surface area is 108 Å². The van der Waals surface area contributed by atoms with Gasteiger partial charge in [-0.15, -0.1) is 0 Å². The highest BCUT2D eigenvalue weighted by Gasteiger charge is 2.00. The summed E-state index contributed by atoms with van der Waals surface area (Å²) in [6.45, 7) is 4.18. The van der Waals surface area contributed by atoms with Crippen molar-refractivity contribution < 1.29 is 4.39 Å². The lowest BCUT2D eigenvalue weighted by Crippen LogP contribution is -2.15. The van der Waals surface area contributed by atoms with E-state index in [0.717, 1.165) is 25.9 Å². The summed E-state index contributed by atoms with van der Waals surface area (Å²) >= 11 is 5.68. The maximum Gasteiger partial charge on any atom is 0.128 e. The molecule has 0 atom stereocenters. The summed E-state index contributed by atoms with van der Waals surface area (Å²) in [7, 11) is 0. The van der Waals surface area contributed by atoms with Crippen LogP contribution in [0.3, 0.4) is 0 Å². The lowest BCUT2D eigenvalue weighted by atomic mass is 10.1. The molecule has 3 heteroatoms. The van der Waals surface area contributed by atoms with Gasteiger partial charge in [0.15, 0.2) is 0 Å². The second-order valence-corrected chi connectivity index (χ2v) is 4.39. The molecule has 0 radical (unpaired) electrons. The highest BCUT2D eigenvalue weighted by Crippen LogP contribution is 2.15. The third-order valence-electron chi connectivity index (χ3n) is 2.43. The minimum atomic E-state index is -0.230. The summed E-state index contributed by atoms with van der Waals surface area (Å²) in [5.74, 6) is -0.230. The smallest absolute Gasteiger partial charge is 0.128 e. The SMILES string of the molecule is CCCNCC/C=C/Cc1ccc(Cl)cc1F. The van der Waals surface area contributed by atoms with E-state index in [9.17, 15) is 4.39 Å². The highest BCUT2D eigenvalue weighted by atomic mass is 35.5. The van der Waals surface area contributed by atoms with Crippen LogP contribution in [0.4, 0.5) is 4.39 Å². The van der Waals surface area contributed by atoms with Crippen LogP contribution in [0.5, 0.6) is 0 Å². The van der Waals surface area contributed by atoms with E-state index in [0.29, 0.717) is 17.0 Å². The molecule has 0 bridgehead atoms. The molecule has 17 heavy (non-hydrogen) atoms. The fourth-order valence-corrected chi connectivity index (χ4v) is 1.66. The molecule has 0 unspecified atom stereocenters. The Morgan fingerprint density at radius 3 is 2.82 bits per heavy atom. The van der Waals surface area contributed by atoms with E-state index in [2.05, 4.69) is 18.3 Å². The van der Waals surface area contributed by atoms with Crippen LogP contribution in [0, 0.1) is 5.82 Å². The predicted molar refractivity (Wildman–Crippen MR) is 72.0 cm³/mol. The second kappa shape index (κ2) is 8.26. The van der Waals surface area contributed by atoms with Crippen LogP contribution in [0.2, 0.25) is 5.02 Å². The van der Waals surface area contributed by atoms with Crippen LogP contribution >= 0.6 is 11.6 Å². The van der Waals surface area contributed by atoms with Crippen molar-refractivity contribution in [2.75, 3.05) is 13.1 Å². The number of nitrogens with one attached hydrogen (secondary N) is 1. The summed E-state index contributed by atoms with van der Waals surface area (Å²) < 4.78 is 13.4. The van der Waals surface area contributed by atoms with Crippen molar-refractivity contribution in [1.29, 1.82) is 0 Å². The molecule has 0 spiro atoms. The third kappa shape index (κ3) is 5.85. The van der Waals surface area contributed by atoms with Crippen molar-refractivity contribution >= 4 is 11.6 Å². The van der Waals surface area contributed by atoms with Gasteiger partial charge in [-0.05, 0) is 50.0 Å². The Kier molecular flexibility index (Phi) is 6.90. The monoisotopic (exact) mass is 255 g/mol. The highest BCUT2D eigenvalue weighted by molar-refractivity contribution is 6.30. The van der Waals surface area contributed by atoms with Gasteiger partial charge in [0, 0.05) is 5.02 Å². The van der Waals surface area contributed by atoms with Crippen LogP contribution in [0.25, 0.3) is 0 Å². The van der Waals surface area contributed by atoms with Gasteiger partial charge in [0.1, 0.15) is 5.82 Å². The zero-order valence-corrected chi connectivity index (χ0v) is 10.9. The summed E-state index contributed by atoms with van der Waals surface area (Å²) in [6, 6.07) is 4.81. The van der Waals surface area contributed by atoms with E-state index in [-0.39, 0.29) is 5.82 Å². The summed E-state index contributed by atoms with van der Waals surface area (Å²) in [6.07, 6.45) is 6.84. The topological polar surface area (TPSA) is 12.0 Å². The van der Waals surface area contributed by atoms with E-state index in [4.69, 9.17) is 11.6 Å². The van der Waals surface area contributed by atoms with Crippen molar-refractivity contribution in [2.45, 2.75) is 26.2 Å². The molecule has 0 saturated carbocycles. The lowest BCUT2D eigenvalue weighted by molar-refractivity contribution is 0.615. The van der Waals surface area contributed by atoms with Crippen LogP contribution in [-0.2, 0) is 6.42 Å². The molecule has 0 heterocycles. The van der Waals surface area contributed by atoms with E-state index >= 15 is 0 Å². The summed E-state index contributed by atoms with van der Waals surface area (Å²) in [5, 5.41) is 3.75. The molecule has 94 valence electrons. The Balaban J connectivity index is 2.27. The van der Waals surface area contributed by atoms with Crippen molar-refractivity contribution in [1.82, 2.24) is 5.32 Å². The normalized spacial score (nSPS) is 11.2. The average Bonchev–Trinajstić information content (AvgIpc) is 2.30. The predicted octanol–water partition coefficient (Wildman–Crippen LogP) is 3.97. The maximum absolute atomic E-state index is 13.4. The van der Waals surface area contributed by atoms with Gasteiger partial charge in [0.25, 0.3) is 0 Å². The van der Waals surface area contributed by atoms with Gasteiger partial charge in [-0.1, -0.05) is 36.7 Å². The largest absolute Gasteiger partial charge is 0.316 e. The number of rotatable bonds is 7. The standard InChI is InChI=1S/C14H19ClFN/c1-2-9-17-10-5-3-4-6-12-7-8-13(15)11-14(12)16/h3-4,7-8,11,17H,2,5-6,9-10H2,1H3/b4-3+. The van der Waals surface area contributed by atoms with Crippen molar-refractivity contribution in [3.05, 3.63) is 46.8 Å². The van der Waals surface area contributed by atoms with Crippen LogP contribution in [-0.4, -0.2) is 13.1 Å². The van der Waals surface area contributed by atoms with Gasteiger partial charge in [-0.25, -0.2) is 4.39 Å². The van der Waals surface area contributed by atoms with Crippen LogP contribution in [0.15, 0.2) is 30.4 Å². The van der Waals surface area contributed by atoms with Crippen molar-refractivity contribution in [2.24, 2.45) is 0 Å². The first kappa shape index (κ1) is 14.2. The molecule has 0 amide bonds. The molecule has 0 saturated heterocycles. The number of allylic oxidation sites excluding steroid dienone is 1. The molecule has 0 aromatic heterocycles. The molecule has 0 aliphatic rings. The second-order valence-electron chi connectivity index (χ2n) is 3.95. The molecule has 1 aromatic rings. The third-order valence-corrected chi connectivity index (χ3v) is 2.67. The molecular formula is C14H19ClFN. The Bertz CT molecular complexity index is 363. The maximum atomic E-state index is 13.4. The first-order valence-corrected chi connectivity index (χ1v) is 6.41. The molecule has 1 nitrogen and oxygen atoms in total. The molecule has 1 rings (SSSR count). The minimum Gasteiger partial charge on any atom is -0.316 e. The molecule has 0 fully saturated rings. The summed E-state index contributed by atoms with van der Waals surface area (Å²) in [5.41, 5.74) is 0.687. The molecule has 1 aromatic carbocycles. The van der Waals surface area contributed by atoms with E-state index in [1.807, 2.05) is 6.08 Å². The lowest BCUT2D eigenvalue weighted by Gasteiger charge is -2.00. The molecular weight excluding hydrogens is 237 g/mol. The number of benzene rings is 1. The van der Waals surface area contributed by atoms with Gasteiger partial charge < -0.3 is 5.32 Å². The summed E-state index contributed by atoms with van der Waals surface area (Å²) in [4.78, 5) is 0. The van der Waals surface area contributed by atoms with Crippen molar-refractivity contribution in [3.63, 3.8) is 0 Å². The number of hydrogen-bond acceptors (Lipinski definition) is 1. The minimum absolute atomic E-state index is 0.230. The molecule has 0 aliphatic carbocycles. The fourth-order valence-electron chi connectivity index (χ4n) is 1.50. The van der Waals surface area contributed by atoms with Gasteiger partial charge in [-0.2, -0.15) is 0 Å². The van der Waals surface area contributed by atoms with E-state index < -0.39 is 0 Å². The fraction of sp³-hybridized carbons (Fsp3) is 0.429. The Morgan fingerprint density at radius 1 is 1.29 bits per heavy atom. The van der Waals surface area contributed by atoms with E-state index in [1.165, 1.54) is 6.07 Å². The van der Waals surface area contributed by atoms with Crippen LogP contribution in [0.1, 0.15) is 25.3 Å². The number of halogens is 2. The van der Waals surface area contributed by atoms with Crippen LogP contribution < -0.4 is 5.32 Å². The first-order chi connectivity index (χ1) is 8.24. The zero-order valence-electron chi connectivity index (χ0n) is 10.2. The Morgan fingerprint density at radius 2 is 2.12 bits per heavy atom. The molecule has 1 N–H and O–H groups in total.